The lowest BCUT2D eigenvalue weighted by atomic mass is 10.2. The van der Waals surface area contributed by atoms with Crippen LogP contribution in [0.25, 0.3) is 0 Å². The molecule has 0 saturated heterocycles. The number of benzene rings is 3. The number of fused-ring (bicyclic) bond motifs is 1. The summed E-state index contributed by atoms with van der Waals surface area (Å²) in [4.78, 5) is 14.4. The third kappa shape index (κ3) is 4.11. The summed E-state index contributed by atoms with van der Waals surface area (Å²) < 4.78 is 5.57. The highest BCUT2D eigenvalue weighted by atomic mass is 16.5. The van der Waals surface area contributed by atoms with Gasteiger partial charge < -0.3 is 15.0 Å². The zero-order chi connectivity index (χ0) is 18.5. The minimum atomic E-state index is -0.0507. The van der Waals surface area contributed by atoms with Gasteiger partial charge in [0.05, 0.1) is 13.0 Å². The minimum absolute atomic E-state index is 0.0507. The smallest absolute Gasteiger partial charge is 0.227 e. The number of ether oxygens (including phenoxy) is 1. The van der Waals surface area contributed by atoms with E-state index in [0.717, 1.165) is 30.1 Å². The average Bonchev–Trinajstić information content (AvgIpc) is 3.14. The highest BCUT2D eigenvalue weighted by Crippen LogP contribution is 2.34. The Balaban J connectivity index is 1.31. The second kappa shape index (κ2) is 7.96. The van der Waals surface area contributed by atoms with E-state index in [1.165, 1.54) is 11.3 Å². The molecule has 3 aromatic carbocycles. The van der Waals surface area contributed by atoms with Gasteiger partial charge in [0.2, 0.25) is 5.91 Å². The third-order valence-electron chi connectivity index (χ3n) is 4.69. The Bertz CT molecular complexity index is 907. The number of nitrogens with one attached hydrogen (secondary N) is 1. The van der Waals surface area contributed by atoms with Crippen molar-refractivity contribution in [2.75, 3.05) is 23.4 Å². The van der Waals surface area contributed by atoms with E-state index in [2.05, 4.69) is 46.6 Å². The average molecular weight is 358 g/mol. The molecule has 136 valence electrons. The summed E-state index contributed by atoms with van der Waals surface area (Å²) in [6.45, 7) is 1.35. The summed E-state index contributed by atoms with van der Waals surface area (Å²) in [6, 6.07) is 26.0. The van der Waals surface area contributed by atoms with Crippen molar-refractivity contribution >= 4 is 23.0 Å². The molecule has 1 N–H and O–H groups in total. The highest BCUT2D eigenvalue weighted by Gasteiger charge is 2.19. The van der Waals surface area contributed by atoms with E-state index in [0.29, 0.717) is 13.0 Å². The van der Waals surface area contributed by atoms with Crippen LogP contribution in [0.3, 0.4) is 0 Å². The van der Waals surface area contributed by atoms with Crippen molar-refractivity contribution in [1.82, 2.24) is 0 Å². The van der Waals surface area contributed by atoms with Crippen molar-refractivity contribution in [1.29, 1.82) is 0 Å². The maximum atomic E-state index is 12.1. The molecule has 1 amide bonds. The molecule has 0 spiro atoms. The Morgan fingerprint density at radius 3 is 2.48 bits per heavy atom. The standard InChI is InChI=1S/C23H22N2O2/c26-23(15-17-27-21-7-2-1-3-8-21)24-19-10-12-20(13-11-19)25-16-14-18-6-4-5-9-22(18)25/h1-13H,14-17H2,(H,24,26). The lowest BCUT2D eigenvalue weighted by Crippen LogP contribution is -2.16. The molecule has 0 unspecified atom stereocenters. The van der Waals surface area contributed by atoms with Gasteiger partial charge in [-0.15, -0.1) is 0 Å². The molecule has 3 aromatic rings. The van der Waals surface area contributed by atoms with Gasteiger partial charge in [-0.2, -0.15) is 0 Å². The van der Waals surface area contributed by atoms with Gasteiger partial charge in [0.25, 0.3) is 0 Å². The van der Waals surface area contributed by atoms with Crippen LogP contribution >= 0.6 is 0 Å². The number of amides is 1. The van der Waals surface area contributed by atoms with Gasteiger partial charge in [-0.3, -0.25) is 4.79 Å². The fourth-order valence-electron chi connectivity index (χ4n) is 3.33. The van der Waals surface area contributed by atoms with E-state index in [-0.39, 0.29) is 5.91 Å². The van der Waals surface area contributed by atoms with E-state index in [1.54, 1.807) is 0 Å². The van der Waals surface area contributed by atoms with E-state index in [4.69, 9.17) is 4.74 Å². The number of nitrogens with zero attached hydrogens (tertiary/aromatic N) is 1. The molecule has 0 saturated carbocycles. The Labute approximate surface area is 159 Å². The second-order valence-corrected chi connectivity index (χ2v) is 6.54. The summed E-state index contributed by atoms with van der Waals surface area (Å²) in [5, 5.41) is 2.93. The van der Waals surface area contributed by atoms with Crippen molar-refractivity contribution in [3.8, 4) is 5.75 Å². The van der Waals surface area contributed by atoms with Crippen molar-refractivity contribution in [3.63, 3.8) is 0 Å². The van der Waals surface area contributed by atoms with Gasteiger partial charge in [-0.25, -0.2) is 0 Å². The quantitative estimate of drug-likeness (QED) is 0.689. The molecule has 4 heteroatoms. The van der Waals surface area contributed by atoms with Crippen molar-refractivity contribution in [2.45, 2.75) is 12.8 Å². The van der Waals surface area contributed by atoms with Gasteiger partial charge in [-0.1, -0.05) is 36.4 Å². The number of carbonyl (C=O) groups is 1. The van der Waals surface area contributed by atoms with Crippen LogP contribution in [0, 0.1) is 0 Å². The van der Waals surface area contributed by atoms with Gasteiger partial charge in [0.15, 0.2) is 0 Å². The fourth-order valence-corrected chi connectivity index (χ4v) is 3.33. The first-order chi connectivity index (χ1) is 13.3. The van der Waals surface area contributed by atoms with E-state index in [1.807, 2.05) is 42.5 Å². The molecule has 0 bridgehead atoms. The SMILES string of the molecule is O=C(CCOc1ccccc1)Nc1ccc(N2CCc3ccccc32)cc1. The first-order valence-corrected chi connectivity index (χ1v) is 9.23. The van der Waals surface area contributed by atoms with Crippen LogP contribution in [0.15, 0.2) is 78.9 Å². The molecule has 0 aliphatic carbocycles. The molecule has 0 radical (unpaired) electrons. The van der Waals surface area contributed by atoms with Crippen molar-refractivity contribution in [2.24, 2.45) is 0 Å². The molecular formula is C23H22N2O2. The second-order valence-electron chi connectivity index (χ2n) is 6.54. The first kappa shape index (κ1) is 17.2. The Kier molecular flexibility index (Phi) is 5.06. The van der Waals surface area contributed by atoms with Crippen LogP contribution in [-0.2, 0) is 11.2 Å². The van der Waals surface area contributed by atoms with Crippen LogP contribution in [0.2, 0.25) is 0 Å². The number of carbonyl (C=O) groups excluding carboxylic acids is 1. The number of hydrogen-bond donors (Lipinski definition) is 1. The Hall–Kier alpha value is -3.27. The molecule has 0 fully saturated rings. The minimum Gasteiger partial charge on any atom is -0.493 e. The van der Waals surface area contributed by atoms with Crippen LogP contribution < -0.4 is 15.0 Å². The molecule has 1 aliphatic rings. The zero-order valence-corrected chi connectivity index (χ0v) is 15.1. The van der Waals surface area contributed by atoms with Crippen LogP contribution in [0.1, 0.15) is 12.0 Å². The highest BCUT2D eigenvalue weighted by molar-refractivity contribution is 5.91. The van der Waals surface area contributed by atoms with Crippen LogP contribution in [-0.4, -0.2) is 19.1 Å². The normalized spacial score (nSPS) is 12.5. The molecule has 4 rings (SSSR count). The predicted molar refractivity (Wildman–Crippen MR) is 109 cm³/mol. The Morgan fingerprint density at radius 1 is 0.926 bits per heavy atom. The van der Waals surface area contributed by atoms with Crippen LogP contribution in [0.5, 0.6) is 5.75 Å². The van der Waals surface area contributed by atoms with E-state index in [9.17, 15) is 4.79 Å². The molecule has 0 aromatic heterocycles. The van der Waals surface area contributed by atoms with E-state index >= 15 is 0 Å². The summed E-state index contributed by atoms with van der Waals surface area (Å²) in [5.74, 6) is 0.728. The largest absolute Gasteiger partial charge is 0.493 e. The monoisotopic (exact) mass is 358 g/mol. The van der Waals surface area contributed by atoms with Crippen molar-refractivity contribution < 1.29 is 9.53 Å². The Morgan fingerprint density at radius 2 is 1.67 bits per heavy atom. The maximum absolute atomic E-state index is 12.1. The first-order valence-electron chi connectivity index (χ1n) is 9.23. The molecule has 27 heavy (non-hydrogen) atoms. The summed E-state index contributed by atoms with van der Waals surface area (Å²) in [6.07, 6.45) is 1.38. The number of rotatable bonds is 6. The molecule has 0 atom stereocenters. The van der Waals surface area contributed by atoms with Gasteiger partial charge in [0, 0.05) is 23.6 Å². The summed E-state index contributed by atoms with van der Waals surface area (Å²) in [5.41, 5.74) is 4.60. The summed E-state index contributed by atoms with van der Waals surface area (Å²) >= 11 is 0. The molecule has 1 aliphatic heterocycles. The molecule has 1 heterocycles. The molecular weight excluding hydrogens is 336 g/mol. The lowest BCUT2D eigenvalue weighted by molar-refractivity contribution is -0.116. The van der Waals surface area contributed by atoms with Crippen LogP contribution in [0.4, 0.5) is 17.1 Å². The fraction of sp³-hybridized carbons (Fsp3) is 0.174. The topological polar surface area (TPSA) is 41.6 Å². The van der Waals surface area contributed by atoms with Gasteiger partial charge in [-0.05, 0) is 54.4 Å². The molecule has 4 nitrogen and oxygen atoms in total. The third-order valence-corrected chi connectivity index (χ3v) is 4.69. The maximum Gasteiger partial charge on any atom is 0.227 e. The van der Waals surface area contributed by atoms with Gasteiger partial charge >= 0.3 is 0 Å². The number of hydrogen-bond acceptors (Lipinski definition) is 3. The van der Waals surface area contributed by atoms with Gasteiger partial charge in [0.1, 0.15) is 5.75 Å². The summed E-state index contributed by atoms with van der Waals surface area (Å²) in [7, 11) is 0. The lowest BCUT2D eigenvalue weighted by Gasteiger charge is -2.20. The number of anilines is 3. The van der Waals surface area contributed by atoms with Crippen molar-refractivity contribution in [3.05, 3.63) is 84.4 Å². The zero-order valence-electron chi connectivity index (χ0n) is 15.1. The number of para-hydroxylation sites is 2. The van der Waals surface area contributed by atoms with E-state index < -0.39 is 0 Å². The predicted octanol–water partition coefficient (Wildman–Crippen LogP) is 4.79.